The van der Waals surface area contributed by atoms with Crippen LogP contribution in [-0.2, 0) is 11.3 Å². The summed E-state index contributed by atoms with van der Waals surface area (Å²) in [6, 6.07) is 4.15. The number of aliphatic carboxylic acids is 1. The topological polar surface area (TPSA) is 40.5 Å². The van der Waals surface area contributed by atoms with Crippen LogP contribution in [0.3, 0.4) is 0 Å². The number of thiophene rings is 1. The maximum atomic E-state index is 11.6. The molecule has 1 aliphatic carbocycles. The normalized spacial score (nSPS) is 19.0. The number of carboxylic acid groups (broad SMARTS) is 1. The fourth-order valence-electron chi connectivity index (χ4n) is 2.91. The maximum Gasteiger partial charge on any atom is 0.310 e. The molecule has 0 unspecified atom stereocenters. The molecule has 100 valence electrons. The summed E-state index contributed by atoms with van der Waals surface area (Å²) in [5, 5.41) is 11.6. The van der Waals surface area contributed by atoms with Crippen LogP contribution in [0.15, 0.2) is 17.5 Å². The third-order valence-electron chi connectivity index (χ3n) is 3.84. The van der Waals surface area contributed by atoms with Crippen LogP contribution in [-0.4, -0.2) is 29.6 Å². The van der Waals surface area contributed by atoms with E-state index in [0.29, 0.717) is 6.54 Å². The van der Waals surface area contributed by atoms with Crippen molar-refractivity contribution in [1.29, 1.82) is 0 Å². The smallest absolute Gasteiger partial charge is 0.310 e. The van der Waals surface area contributed by atoms with Gasteiger partial charge in [-0.25, -0.2) is 0 Å². The molecule has 1 heterocycles. The van der Waals surface area contributed by atoms with E-state index >= 15 is 0 Å². The molecule has 1 aromatic heterocycles. The molecule has 4 heteroatoms. The number of hydrogen-bond acceptors (Lipinski definition) is 3. The van der Waals surface area contributed by atoms with Crippen molar-refractivity contribution in [2.24, 2.45) is 5.41 Å². The van der Waals surface area contributed by atoms with Gasteiger partial charge in [-0.05, 0) is 31.3 Å². The van der Waals surface area contributed by atoms with E-state index in [1.807, 2.05) is 13.1 Å². The molecule has 1 N–H and O–H groups in total. The van der Waals surface area contributed by atoms with Gasteiger partial charge in [0.25, 0.3) is 0 Å². The summed E-state index contributed by atoms with van der Waals surface area (Å²) < 4.78 is 0. The summed E-state index contributed by atoms with van der Waals surface area (Å²) >= 11 is 1.73. The van der Waals surface area contributed by atoms with Crippen molar-refractivity contribution in [2.45, 2.75) is 38.6 Å². The van der Waals surface area contributed by atoms with E-state index in [-0.39, 0.29) is 0 Å². The lowest BCUT2D eigenvalue weighted by Gasteiger charge is -2.36. The molecule has 0 aliphatic heterocycles. The van der Waals surface area contributed by atoms with Crippen LogP contribution in [0, 0.1) is 5.41 Å². The molecule has 1 aliphatic rings. The molecule has 3 nitrogen and oxygen atoms in total. The highest BCUT2D eigenvalue weighted by Gasteiger charge is 2.40. The van der Waals surface area contributed by atoms with E-state index in [2.05, 4.69) is 16.3 Å². The number of rotatable bonds is 5. The van der Waals surface area contributed by atoms with Crippen LogP contribution in [0.2, 0.25) is 0 Å². The number of hydrogen-bond donors (Lipinski definition) is 1. The Morgan fingerprint density at radius 1 is 1.44 bits per heavy atom. The van der Waals surface area contributed by atoms with Crippen LogP contribution in [0.5, 0.6) is 0 Å². The van der Waals surface area contributed by atoms with Gasteiger partial charge in [-0.15, -0.1) is 11.3 Å². The largest absolute Gasteiger partial charge is 0.481 e. The van der Waals surface area contributed by atoms with Gasteiger partial charge in [0.1, 0.15) is 0 Å². The predicted octanol–water partition coefficient (Wildman–Crippen LogP) is 3.22. The lowest BCUT2D eigenvalue weighted by Crippen LogP contribution is -2.43. The molecule has 0 aromatic carbocycles. The number of carboxylic acids is 1. The predicted molar refractivity (Wildman–Crippen MR) is 73.8 cm³/mol. The van der Waals surface area contributed by atoms with Gasteiger partial charge in [0.05, 0.1) is 5.41 Å². The first-order chi connectivity index (χ1) is 8.62. The summed E-state index contributed by atoms with van der Waals surface area (Å²) in [7, 11) is 2.03. The monoisotopic (exact) mass is 267 g/mol. The van der Waals surface area contributed by atoms with E-state index < -0.39 is 11.4 Å². The molecular weight excluding hydrogens is 246 g/mol. The van der Waals surface area contributed by atoms with Crippen LogP contribution < -0.4 is 0 Å². The van der Waals surface area contributed by atoms with Crippen molar-refractivity contribution in [3.63, 3.8) is 0 Å². The third kappa shape index (κ3) is 3.12. The molecule has 0 radical (unpaired) electrons. The molecule has 18 heavy (non-hydrogen) atoms. The van der Waals surface area contributed by atoms with E-state index in [9.17, 15) is 9.90 Å². The van der Waals surface area contributed by atoms with Gasteiger partial charge in [-0.1, -0.05) is 25.3 Å². The van der Waals surface area contributed by atoms with Gasteiger partial charge < -0.3 is 10.0 Å². The average molecular weight is 267 g/mol. The van der Waals surface area contributed by atoms with Crippen LogP contribution in [0.1, 0.15) is 37.0 Å². The molecule has 0 bridgehead atoms. The number of nitrogens with zero attached hydrogens (tertiary/aromatic N) is 1. The molecular formula is C14H21NO2S. The summed E-state index contributed by atoms with van der Waals surface area (Å²) in [5.41, 5.74) is -0.510. The molecule has 1 saturated carbocycles. The van der Waals surface area contributed by atoms with Gasteiger partial charge in [0.2, 0.25) is 0 Å². The first-order valence-corrected chi connectivity index (χ1v) is 7.45. The standard InChI is InChI=1S/C14H21NO2S/c1-15(10-12-6-5-9-18-12)11-14(13(16)17)7-3-2-4-8-14/h5-6,9H,2-4,7-8,10-11H2,1H3,(H,16,17). The van der Waals surface area contributed by atoms with Crippen LogP contribution in [0.4, 0.5) is 0 Å². The fourth-order valence-corrected chi connectivity index (χ4v) is 3.69. The van der Waals surface area contributed by atoms with Gasteiger partial charge >= 0.3 is 5.97 Å². The van der Waals surface area contributed by atoms with Crippen molar-refractivity contribution in [3.05, 3.63) is 22.4 Å². The second-order valence-corrected chi connectivity index (χ2v) is 6.43. The van der Waals surface area contributed by atoms with Crippen molar-refractivity contribution in [1.82, 2.24) is 4.90 Å². The SMILES string of the molecule is CN(Cc1cccs1)CC1(C(=O)O)CCCCC1. The Kier molecular flexibility index (Phi) is 4.40. The Labute approximate surface area is 112 Å². The molecule has 0 saturated heterocycles. The second-order valence-electron chi connectivity index (χ2n) is 5.40. The Bertz CT molecular complexity index is 383. The second kappa shape index (κ2) is 5.85. The summed E-state index contributed by atoms with van der Waals surface area (Å²) in [6.07, 6.45) is 4.95. The van der Waals surface area contributed by atoms with E-state index in [4.69, 9.17) is 0 Å². The Hall–Kier alpha value is -0.870. The van der Waals surface area contributed by atoms with Gasteiger partial charge in [0, 0.05) is 18.0 Å². The summed E-state index contributed by atoms with van der Waals surface area (Å²) in [6.45, 7) is 1.52. The highest BCUT2D eigenvalue weighted by atomic mass is 32.1. The fraction of sp³-hybridized carbons (Fsp3) is 0.643. The maximum absolute atomic E-state index is 11.6. The lowest BCUT2D eigenvalue weighted by atomic mass is 9.73. The Morgan fingerprint density at radius 3 is 2.72 bits per heavy atom. The van der Waals surface area contributed by atoms with Crippen molar-refractivity contribution in [3.8, 4) is 0 Å². The zero-order chi connectivity index (χ0) is 13.0. The van der Waals surface area contributed by atoms with Crippen molar-refractivity contribution < 1.29 is 9.90 Å². The Balaban J connectivity index is 1.98. The van der Waals surface area contributed by atoms with Gasteiger partial charge in [-0.3, -0.25) is 4.79 Å². The summed E-state index contributed by atoms with van der Waals surface area (Å²) in [5.74, 6) is -0.611. The van der Waals surface area contributed by atoms with Crippen molar-refractivity contribution in [2.75, 3.05) is 13.6 Å². The molecule has 2 rings (SSSR count). The molecule has 1 aromatic rings. The first kappa shape index (κ1) is 13.6. The minimum absolute atomic E-state index is 0.510. The average Bonchev–Trinajstić information content (AvgIpc) is 2.82. The summed E-state index contributed by atoms with van der Waals surface area (Å²) in [4.78, 5) is 15.0. The minimum atomic E-state index is -0.611. The highest BCUT2D eigenvalue weighted by Crippen LogP contribution is 2.37. The quantitative estimate of drug-likeness (QED) is 0.890. The van der Waals surface area contributed by atoms with Crippen LogP contribution >= 0.6 is 11.3 Å². The van der Waals surface area contributed by atoms with Gasteiger partial charge in [0.15, 0.2) is 0 Å². The highest BCUT2D eigenvalue weighted by molar-refractivity contribution is 7.09. The molecule has 0 atom stereocenters. The zero-order valence-corrected chi connectivity index (χ0v) is 11.7. The number of carbonyl (C=O) groups is 1. The Morgan fingerprint density at radius 2 is 2.17 bits per heavy atom. The molecule has 0 spiro atoms. The lowest BCUT2D eigenvalue weighted by molar-refractivity contribution is -0.152. The van der Waals surface area contributed by atoms with Gasteiger partial charge in [-0.2, -0.15) is 0 Å². The molecule has 0 amide bonds. The van der Waals surface area contributed by atoms with E-state index in [1.165, 1.54) is 11.3 Å². The van der Waals surface area contributed by atoms with E-state index in [0.717, 1.165) is 32.2 Å². The zero-order valence-electron chi connectivity index (χ0n) is 10.9. The molecule has 1 fully saturated rings. The minimum Gasteiger partial charge on any atom is -0.481 e. The van der Waals surface area contributed by atoms with Crippen molar-refractivity contribution >= 4 is 17.3 Å². The first-order valence-electron chi connectivity index (χ1n) is 6.57. The van der Waals surface area contributed by atoms with Crippen LogP contribution in [0.25, 0.3) is 0 Å². The third-order valence-corrected chi connectivity index (χ3v) is 4.70. The van der Waals surface area contributed by atoms with E-state index in [1.54, 1.807) is 11.3 Å².